The molecule has 1 aliphatic carbocycles. The average molecular weight is 283 g/mol. The minimum Gasteiger partial charge on any atom is -0.310 e. The van der Waals surface area contributed by atoms with Gasteiger partial charge in [0.25, 0.3) is 0 Å². The van der Waals surface area contributed by atoms with Crippen molar-refractivity contribution in [1.82, 2.24) is 5.32 Å². The van der Waals surface area contributed by atoms with E-state index in [2.05, 4.69) is 12.2 Å². The molecule has 3 atom stereocenters. The van der Waals surface area contributed by atoms with Gasteiger partial charge in [-0.1, -0.05) is 6.92 Å². The number of benzene rings is 1. The molecule has 1 aliphatic heterocycles. The summed E-state index contributed by atoms with van der Waals surface area (Å²) in [5.74, 6) is 1.22. The van der Waals surface area contributed by atoms with Gasteiger partial charge in [-0.2, -0.15) is 0 Å². The number of halogens is 1. The summed E-state index contributed by atoms with van der Waals surface area (Å²) in [4.78, 5) is 0.293. The van der Waals surface area contributed by atoms with Crippen LogP contribution in [0.15, 0.2) is 23.1 Å². The molecule has 1 N–H and O–H groups in total. The molecule has 1 aromatic rings. The van der Waals surface area contributed by atoms with E-state index >= 15 is 0 Å². The Morgan fingerprint density at radius 3 is 2.84 bits per heavy atom. The summed E-state index contributed by atoms with van der Waals surface area (Å²) in [5.41, 5.74) is 0.597. The summed E-state index contributed by atoms with van der Waals surface area (Å²) in [6.07, 6.45) is 1.76. The fourth-order valence-electron chi connectivity index (χ4n) is 2.80. The fraction of sp³-hybridized carbons (Fsp3) is 0.571. The number of rotatable bonds is 3. The zero-order chi connectivity index (χ0) is 13.6. The predicted molar refractivity (Wildman–Crippen MR) is 71.1 cm³/mol. The molecule has 0 aromatic heterocycles. The molecule has 0 radical (unpaired) electrons. The van der Waals surface area contributed by atoms with Gasteiger partial charge in [-0.05, 0) is 55.0 Å². The monoisotopic (exact) mass is 283 g/mol. The van der Waals surface area contributed by atoms with E-state index in [1.54, 1.807) is 0 Å². The van der Waals surface area contributed by atoms with E-state index in [0.29, 0.717) is 22.8 Å². The van der Waals surface area contributed by atoms with Crippen molar-refractivity contribution < 1.29 is 12.8 Å². The lowest BCUT2D eigenvalue weighted by atomic mass is 10.0. The van der Waals surface area contributed by atoms with Gasteiger partial charge in [-0.3, -0.25) is 0 Å². The largest absolute Gasteiger partial charge is 0.310 e. The van der Waals surface area contributed by atoms with E-state index in [9.17, 15) is 12.8 Å². The quantitative estimate of drug-likeness (QED) is 0.866. The van der Waals surface area contributed by atoms with E-state index in [1.807, 2.05) is 0 Å². The lowest BCUT2D eigenvalue weighted by molar-refractivity contribution is 0.470. The van der Waals surface area contributed by atoms with Crippen LogP contribution in [0.25, 0.3) is 0 Å². The zero-order valence-corrected chi connectivity index (χ0v) is 11.7. The third-order valence-electron chi connectivity index (χ3n) is 4.26. The lowest BCUT2D eigenvalue weighted by Crippen LogP contribution is -2.31. The van der Waals surface area contributed by atoms with Crippen molar-refractivity contribution in [2.24, 2.45) is 11.8 Å². The second-order valence-electron chi connectivity index (χ2n) is 5.72. The van der Waals surface area contributed by atoms with Crippen LogP contribution >= 0.6 is 0 Å². The van der Waals surface area contributed by atoms with Crippen molar-refractivity contribution in [3.63, 3.8) is 0 Å². The van der Waals surface area contributed by atoms with Gasteiger partial charge < -0.3 is 5.32 Å². The lowest BCUT2D eigenvalue weighted by Gasteiger charge is -2.26. The Kier molecular flexibility index (Phi) is 3.14. The first-order valence-electron chi connectivity index (χ1n) is 6.73. The first kappa shape index (κ1) is 13.1. The number of hydrogen-bond donors (Lipinski definition) is 1. The van der Waals surface area contributed by atoms with Crippen LogP contribution in [0.1, 0.15) is 31.4 Å². The summed E-state index contributed by atoms with van der Waals surface area (Å²) >= 11 is 0. The van der Waals surface area contributed by atoms with Crippen LogP contribution < -0.4 is 5.32 Å². The Labute approximate surface area is 113 Å². The fourth-order valence-corrected chi connectivity index (χ4v) is 4.40. The summed E-state index contributed by atoms with van der Waals surface area (Å²) < 4.78 is 37.3. The van der Waals surface area contributed by atoms with Crippen LogP contribution in [0.5, 0.6) is 0 Å². The Balaban J connectivity index is 1.85. The summed E-state index contributed by atoms with van der Waals surface area (Å²) in [5, 5.41) is 3.40. The number of sulfone groups is 1. The maximum atomic E-state index is 13.4. The predicted octanol–water partition coefficient (Wildman–Crippen LogP) is 2.29. The molecular formula is C14H18FNO2S. The van der Waals surface area contributed by atoms with E-state index in [0.717, 1.165) is 12.5 Å². The minimum absolute atomic E-state index is 0.0398. The molecule has 1 saturated carbocycles. The smallest absolute Gasteiger partial charge is 0.178 e. The van der Waals surface area contributed by atoms with Crippen molar-refractivity contribution in [2.75, 3.05) is 12.3 Å². The number of fused-ring (bicyclic) bond motifs is 1. The highest BCUT2D eigenvalue weighted by atomic mass is 32.2. The van der Waals surface area contributed by atoms with Crippen LogP contribution in [-0.2, 0) is 9.84 Å². The molecule has 3 unspecified atom stereocenters. The summed E-state index contributed by atoms with van der Waals surface area (Å²) in [7, 11) is -3.23. The molecule has 3 nitrogen and oxygen atoms in total. The van der Waals surface area contributed by atoms with Gasteiger partial charge in [0, 0.05) is 6.04 Å². The van der Waals surface area contributed by atoms with Crippen molar-refractivity contribution in [2.45, 2.75) is 30.7 Å². The average Bonchev–Trinajstić information content (AvgIpc) is 3.04. The standard InChI is InChI=1S/C14H18FNO2S/c1-9-6-10(9)8-16-13-4-5-19(17,18)14-3-2-11(15)7-12(13)14/h2-3,7,9-10,13,16H,4-6,8H2,1H3. The SMILES string of the molecule is CC1CC1CNC1CCS(=O)(=O)c2ccc(F)cc21. The van der Waals surface area contributed by atoms with E-state index in [4.69, 9.17) is 0 Å². The van der Waals surface area contributed by atoms with Crippen molar-refractivity contribution in [3.05, 3.63) is 29.6 Å². The normalized spacial score (nSPS) is 31.8. The van der Waals surface area contributed by atoms with Crippen LogP contribution in [0.4, 0.5) is 4.39 Å². The topological polar surface area (TPSA) is 46.2 Å². The highest BCUT2D eigenvalue weighted by molar-refractivity contribution is 7.91. The second kappa shape index (κ2) is 4.56. The second-order valence-corrected chi connectivity index (χ2v) is 7.80. The molecule has 2 aliphatic rings. The third kappa shape index (κ3) is 2.54. The van der Waals surface area contributed by atoms with Gasteiger partial charge in [-0.15, -0.1) is 0 Å². The van der Waals surface area contributed by atoms with Crippen molar-refractivity contribution in [1.29, 1.82) is 0 Å². The van der Waals surface area contributed by atoms with Crippen LogP contribution in [-0.4, -0.2) is 20.7 Å². The number of nitrogens with one attached hydrogen (secondary N) is 1. The Bertz CT molecular complexity index is 599. The van der Waals surface area contributed by atoms with Crippen molar-refractivity contribution in [3.8, 4) is 0 Å². The third-order valence-corrected chi connectivity index (χ3v) is 6.08. The molecule has 0 amide bonds. The van der Waals surface area contributed by atoms with E-state index < -0.39 is 9.84 Å². The van der Waals surface area contributed by atoms with Crippen LogP contribution in [0.2, 0.25) is 0 Å². The first-order valence-corrected chi connectivity index (χ1v) is 8.38. The van der Waals surface area contributed by atoms with E-state index in [1.165, 1.54) is 24.6 Å². The van der Waals surface area contributed by atoms with Crippen molar-refractivity contribution >= 4 is 9.84 Å². The van der Waals surface area contributed by atoms with Gasteiger partial charge in [-0.25, -0.2) is 12.8 Å². The molecular weight excluding hydrogens is 265 g/mol. The summed E-state index contributed by atoms with van der Waals surface area (Å²) in [6.45, 7) is 3.10. The van der Waals surface area contributed by atoms with Crippen LogP contribution in [0, 0.1) is 17.7 Å². The zero-order valence-electron chi connectivity index (χ0n) is 10.9. The Morgan fingerprint density at radius 2 is 2.16 bits per heavy atom. The molecule has 0 spiro atoms. The molecule has 1 fully saturated rings. The molecule has 1 aromatic carbocycles. The van der Waals surface area contributed by atoms with Gasteiger partial charge in [0.2, 0.25) is 0 Å². The first-order chi connectivity index (χ1) is 8.97. The molecule has 1 heterocycles. The van der Waals surface area contributed by atoms with Gasteiger partial charge in [0.05, 0.1) is 10.6 Å². The number of hydrogen-bond acceptors (Lipinski definition) is 3. The minimum atomic E-state index is -3.23. The molecule has 104 valence electrons. The highest BCUT2D eigenvalue weighted by Gasteiger charge is 2.35. The molecule has 19 heavy (non-hydrogen) atoms. The van der Waals surface area contributed by atoms with Gasteiger partial charge in [0.15, 0.2) is 9.84 Å². The molecule has 3 rings (SSSR count). The highest BCUT2D eigenvalue weighted by Crippen LogP contribution is 2.38. The Hall–Kier alpha value is -0.940. The Morgan fingerprint density at radius 1 is 1.42 bits per heavy atom. The summed E-state index contributed by atoms with van der Waals surface area (Å²) in [6, 6.07) is 3.94. The van der Waals surface area contributed by atoms with Crippen LogP contribution in [0.3, 0.4) is 0 Å². The van der Waals surface area contributed by atoms with Gasteiger partial charge in [0.1, 0.15) is 5.82 Å². The van der Waals surface area contributed by atoms with E-state index in [-0.39, 0.29) is 17.6 Å². The van der Waals surface area contributed by atoms with Gasteiger partial charge >= 0.3 is 0 Å². The molecule has 5 heteroatoms. The maximum absolute atomic E-state index is 13.4. The molecule has 0 bridgehead atoms. The molecule has 0 saturated heterocycles. The maximum Gasteiger partial charge on any atom is 0.178 e.